The van der Waals surface area contributed by atoms with E-state index in [1.165, 1.54) is 12.1 Å². The fourth-order valence-corrected chi connectivity index (χ4v) is 3.68. The second kappa shape index (κ2) is 10.7. The third kappa shape index (κ3) is 6.03. The zero-order valence-corrected chi connectivity index (χ0v) is 19.4. The number of halogens is 2. The van der Waals surface area contributed by atoms with E-state index in [9.17, 15) is 4.39 Å². The van der Waals surface area contributed by atoms with E-state index in [0.717, 1.165) is 50.6 Å². The van der Waals surface area contributed by atoms with Crippen molar-refractivity contribution in [3.05, 3.63) is 35.6 Å². The minimum Gasteiger partial charge on any atom is -0.375 e. The van der Waals surface area contributed by atoms with Crippen molar-refractivity contribution in [2.24, 2.45) is 4.99 Å². The van der Waals surface area contributed by atoms with Crippen LogP contribution in [-0.2, 0) is 14.9 Å². The van der Waals surface area contributed by atoms with Crippen LogP contribution in [0, 0.1) is 5.82 Å². The topological polar surface area (TPSA) is 46.1 Å². The lowest BCUT2D eigenvalue weighted by molar-refractivity contribution is -0.0817. The SMILES string of the molecule is CCNC(=NCC(C)(C)c1ccc(F)cc1)N1CCOC(C2CCCO2)C1.I. The Morgan fingerprint density at radius 2 is 1.93 bits per heavy atom. The predicted molar refractivity (Wildman–Crippen MR) is 121 cm³/mol. The van der Waals surface area contributed by atoms with Gasteiger partial charge in [-0.2, -0.15) is 0 Å². The molecule has 0 aliphatic carbocycles. The van der Waals surface area contributed by atoms with E-state index in [2.05, 4.69) is 31.0 Å². The van der Waals surface area contributed by atoms with Crippen LogP contribution in [0.15, 0.2) is 29.3 Å². The Morgan fingerprint density at radius 1 is 1.21 bits per heavy atom. The molecule has 2 heterocycles. The Balaban J connectivity index is 0.00000280. The van der Waals surface area contributed by atoms with E-state index in [4.69, 9.17) is 14.5 Å². The number of nitrogens with one attached hydrogen (secondary N) is 1. The van der Waals surface area contributed by atoms with Crippen molar-refractivity contribution < 1.29 is 13.9 Å². The lowest BCUT2D eigenvalue weighted by Crippen LogP contribution is -2.53. The molecule has 2 atom stereocenters. The molecule has 0 radical (unpaired) electrons. The maximum Gasteiger partial charge on any atom is 0.194 e. The molecule has 2 aliphatic rings. The zero-order chi connectivity index (χ0) is 19.3. The highest BCUT2D eigenvalue weighted by Gasteiger charge is 2.32. The van der Waals surface area contributed by atoms with Gasteiger partial charge >= 0.3 is 0 Å². The number of hydrogen-bond donors (Lipinski definition) is 1. The fraction of sp³-hybridized carbons (Fsp3) is 0.667. The smallest absolute Gasteiger partial charge is 0.194 e. The van der Waals surface area contributed by atoms with E-state index in [-0.39, 0.29) is 47.4 Å². The molecule has 3 rings (SSSR count). The normalized spacial score (nSPS) is 23.4. The summed E-state index contributed by atoms with van der Waals surface area (Å²) in [5.41, 5.74) is 0.914. The number of nitrogens with zero attached hydrogens (tertiary/aromatic N) is 2. The first kappa shape index (κ1) is 23.3. The van der Waals surface area contributed by atoms with E-state index < -0.39 is 0 Å². The first-order valence-corrected chi connectivity index (χ1v) is 10.0. The lowest BCUT2D eigenvalue weighted by atomic mass is 9.85. The zero-order valence-electron chi connectivity index (χ0n) is 17.1. The van der Waals surface area contributed by atoms with Crippen molar-refractivity contribution in [1.29, 1.82) is 0 Å². The van der Waals surface area contributed by atoms with Gasteiger partial charge in [0.15, 0.2) is 5.96 Å². The summed E-state index contributed by atoms with van der Waals surface area (Å²) in [6.45, 7) is 11.0. The Labute approximate surface area is 185 Å². The largest absolute Gasteiger partial charge is 0.375 e. The van der Waals surface area contributed by atoms with E-state index in [0.29, 0.717) is 13.2 Å². The number of benzene rings is 1. The molecule has 2 unspecified atom stereocenters. The standard InChI is InChI=1S/C21H32FN3O2.HI/c1-4-23-20(24-15-21(2,3)16-7-9-17(22)10-8-16)25-11-13-27-19(14-25)18-6-5-12-26-18;/h7-10,18-19H,4-6,11-15H2,1-3H3,(H,23,24);1H. The Bertz CT molecular complexity index is 633. The minimum absolute atomic E-state index is 0. The molecule has 2 fully saturated rings. The molecule has 2 saturated heterocycles. The number of ether oxygens (including phenoxy) is 2. The molecule has 0 spiro atoms. The molecule has 5 nitrogen and oxygen atoms in total. The highest BCUT2D eigenvalue weighted by Crippen LogP contribution is 2.24. The number of morpholine rings is 1. The molecule has 0 aromatic heterocycles. The van der Waals surface area contributed by atoms with Gasteiger partial charge in [0, 0.05) is 31.7 Å². The van der Waals surface area contributed by atoms with Crippen molar-refractivity contribution in [3.8, 4) is 0 Å². The van der Waals surface area contributed by atoms with Gasteiger partial charge in [0.2, 0.25) is 0 Å². The first-order valence-electron chi connectivity index (χ1n) is 10.0. The van der Waals surface area contributed by atoms with Gasteiger partial charge < -0.3 is 19.7 Å². The Kier molecular flexibility index (Phi) is 8.95. The summed E-state index contributed by atoms with van der Waals surface area (Å²) in [4.78, 5) is 7.19. The third-order valence-corrected chi connectivity index (χ3v) is 5.36. The van der Waals surface area contributed by atoms with Crippen LogP contribution in [0.25, 0.3) is 0 Å². The molecule has 0 amide bonds. The van der Waals surface area contributed by atoms with Crippen LogP contribution in [0.4, 0.5) is 4.39 Å². The first-order chi connectivity index (χ1) is 13.0. The molecule has 7 heteroatoms. The number of rotatable bonds is 5. The highest BCUT2D eigenvalue weighted by molar-refractivity contribution is 14.0. The van der Waals surface area contributed by atoms with Crippen molar-refractivity contribution in [2.75, 3.05) is 39.4 Å². The number of aliphatic imine (C=N–C) groups is 1. The van der Waals surface area contributed by atoms with Gasteiger partial charge in [0.25, 0.3) is 0 Å². The monoisotopic (exact) mass is 505 g/mol. The quantitative estimate of drug-likeness (QED) is 0.378. The van der Waals surface area contributed by atoms with Crippen LogP contribution in [-0.4, -0.2) is 62.5 Å². The number of guanidine groups is 1. The van der Waals surface area contributed by atoms with Gasteiger partial charge in [-0.1, -0.05) is 26.0 Å². The van der Waals surface area contributed by atoms with E-state index >= 15 is 0 Å². The maximum absolute atomic E-state index is 13.2. The van der Waals surface area contributed by atoms with Gasteiger partial charge in [0.1, 0.15) is 11.9 Å². The fourth-order valence-electron chi connectivity index (χ4n) is 3.68. The maximum atomic E-state index is 13.2. The molecule has 0 bridgehead atoms. The van der Waals surface area contributed by atoms with Gasteiger partial charge in [0.05, 0.1) is 19.3 Å². The molecular formula is C21H33FIN3O2. The average molecular weight is 505 g/mol. The minimum atomic E-state index is -0.208. The van der Waals surface area contributed by atoms with Crippen molar-refractivity contribution in [2.45, 2.75) is 51.2 Å². The van der Waals surface area contributed by atoms with Crippen LogP contribution in [0.5, 0.6) is 0 Å². The highest BCUT2D eigenvalue weighted by atomic mass is 127. The molecule has 1 aromatic rings. The summed E-state index contributed by atoms with van der Waals surface area (Å²) in [6.07, 6.45) is 2.50. The van der Waals surface area contributed by atoms with E-state index in [1.807, 2.05) is 12.1 Å². The van der Waals surface area contributed by atoms with Crippen molar-refractivity contribution in [1.82, 2.24) is 10.2 Å². The Hall–Kier alpha value is -0.930. The second-order valence-electron chi connectivity index (χ2n) is 7.97. The van der Waals surface area contributed by atoms with Gasteiger partial charge in [-0.05, 0) is 37.5 Å². The molecule has 1 aromatic carbocycles. The van der Waals surface area contributed by atoms with Crippen LogP contribution < -0.4 is 5.32 Å². The van der Waals surface area contributed by atoms with Crippen molar-refractivity contribution >= 4 is 29.9 Å². The Morgan fingerprint density at radius 3 is 2.57 bits per heavy atom. The van der Waals surface area contributed by atoms with Gasteiger partial charge in [-0.3, -0.25) is 4.99 Å². The van der Waals surface area contributed by atoms with Gasteiger partial charge in [-0.25, -0.2) is 4.39 Å². The molecule has 158 valence electrons. The molecule has 1 N–H and O–H groups in total. The van der Waals surface area contributed by atoms with Gasteiger partial charge in [-0.15, -0.1) is 24.0 Å². The second-order valence-corrected chi connectivity index (χ2v) is 7.97. The summed E-state index contributed by atoms with van der Waals surface area (Å²) in [5, 5.41) is 3.42. The summed E-state index contributed by atoms with van der Waals surface area (Å²) < 4.78 is 25.0. The molecule has 0 saturated carbocycles. The van der Waals surface area contributed by atoms with Crippen LogP contribution in [0.2, 0.25) is 0 Å². The van der Waals surface area contributed by atoms with E-state index in [1.54, 1.807) is 0 Å². The number of hydrogen-bond acceptors (Lipinski definition) is 3. The summed E-state index contributed by atoms with van der Waals surface area (Å²) in [7, 11) is 0. The van der Waals surface area contributed by atoms with Crippen LogP contribution >= 0.6 is 24.0 Å². The summed E-state index contributed by atoms with van der Waals surface area (Å²) in [5.74, 6) is 0.707. The predicted octanol–water partition coefficient (Wildman–Crippen LogP) is 3.57. The molecule has 2 aliphatic heterocycles. The average Bonchev–Trinajstić information content (AvgIpc) is 3.20. The molecular weight excluding hydrogens is 472 g/mol. The lowest BCUT2D eigenvalue weighted by Gasteiger charge is -2.37. The summed E-state index contributed by atoms with van der Waals surface area (Å²) >= 11 is 0. The van der Waals surface area contributed by atoms with Crippen molar-refractivity contribution in [3.63, 3.8) is 0 Å². The van der Waals surface area contributed by atoms with Crippen LogP contribution in [0.3, 0.4) is 0 Å². The third-order valence-electron chi connectivity index (χ3n) is 5.36. The van der Waals surface area contributed by atoms with Crippen LogP contribution in [0.1, 0.15) is 39.2 Å². The molecule has 28 heavy (non-hydrogen) atoms. The summed E-state index contributed by atoms with van der Waals surface area (Å²) in [6, 6.07) is 6.72.